The van der Waals surface area contributed by atoms with Gasteiger partial charge in [-0.2, -0.15) is 0 Å². The second-order valence-corrected chi connectivity index (χ2v) is 8.73. The SMILES string of the molecule is C=CCOc1ccc(/C=c2/sc3n(c2=O)[C@H](c2ccccc2)C(C(=O)OCC)=C(C)N=3)cc1OC. The van der Waals surface area contributed by atoms with E-state index < -0.39 is 12.0 Å². The number of allylic oxidation sites excluding steroid dienone is 1. The molecular formula is C27H26N2O5S. The molecule has 8 heteroatoms. The van der Waals surface area contributed by atoms with Crippen molar-refractivity contribution >= 4 is 23.4 Å². The second kappa shape index (κ2) is 10.6. The van der Waals surface area contributed by atoms with Crippen LogP contribution in [0.2, 0.25) is 0 Å². The number of benzene rings is 2. The first-order valence-electron chi connectivity index (χ1n) is 11.1. The van der Waals surface area contributed by atoms with Crippen LogP contribution in [0.15, 0.2) is 82.2 Å². The van der Waals surface area contributed by atoms with Crippen molar-refractivity contribution in [2.24, 2.45) is 4.99 Å². The van der Waals surface area contributed by atoms with Crippen molar-refractivity contribution in [3.05, 3.63) is 103 Å². The average Bonchev–Trinajstić information content (AvgIpc) is 3.17. The highest BCUT2D eigenvalue weighted by molar-refractivity contribution is 7.07. The molecule has 1 aliphatic heterocycles. The molecule has 0 spiro atoms. The summed E-state index contributed by atoms with van der Waals surface area (Å²) >= 11 is 1.27. The summed E-state index contributed by atoms with van der Waals surface area (Å²) in [5.74, 6) is 0.664. The number of nitrogens with zero attached hydrogens (tertiary/aromatic N) is 2. The maximum atomic E-state index is 13.6. The quantitative estimate of drug-likeness (QED) is 0.357. The fraction of sp³-hybridized carbons (Fsp3) is 0.222. The van der Waals surface area contributed by atoms with E-state index in [1.54, 1.807) is 49.8 Å². The fourth-order valence-corrected chi connectivity index (χ4v) is 4.98. The van der Waals surface area contributed by atoms with Crippen molar-refractivity contribution in [2.75, 3.05) is 20.3 Å². The van der Waals surface area contributed by atoms with Gasteiger partial charge in [-0.3, -0.25) is 9.36 Å². The van der Waals surface area contributed by atoms with Crippen LogP contribution in [0, 0.1) is 0 Å². The molecule has 1 aliphatic rings. The third kappa shape index (κ3) is 4.83. The molecule has 0 fully saturated rings. The number of carbonyl (C=O) groups is 1. The molecule has 3 aromatic rings. The Kier molecular flexibility index (Phi) is 7.31. The lowest BCUT2D eigenvalue weighted by atomic mass is 9.96. The van der Waals surface area contributed by atoms with Crippen LogP contribution in [-0.4, -0.2) is 30.9 Å². The van der Waals surface area contributed by atoms with Gasteiger partial charge >= 0.3 is 5.97 Å². The summed E-state index contributed by atoms with van der Waals surface area (Å²) < 4.78 is 18.4. The standard InChI is InChI=1S/C27H26N2O5S/c1-5-14-34-20-13-12-18(15-21(20)32-4)16-22-25(30)29-24(19-10-8-7-9-11-19)23(26(31)33-6-2)17(3)28-27(29)35-22/h5,7-13,15-16,24H,1,6,14H2,2-4H3/b22-16+/t24-/m1/s1. The number of fused-ring (bicyclic) bond motifs is 1. The van der Waals surface area contributed by atoms with Crippen molar-refractivity contribution in [1.82, 2.24) is 4.57 Å². The van der Waals surface area contributed by atoms with Gasteiger partial charge in [-0.05, 0) is 43.2 Å². The number of ether oxygens (including phenoxy) is 3. The van der Waals surface area contributed by atoms with Gasteiger partial charge < -0.3 is 14.2 Å². The molecule has 35 heavy (non-hydrogen) atoms. The van der Waals surface area contributed by atoms with Crippen LogP contribution >= 0.6 is 11.3 Å². The van der Waals surface area contributed by atoms with Gasteiger partial charge in [0, 0.05) is 0 Å². The number of rotatable bonds is 8. The van der Waals surface area contributed by atoms with Crippen molar-refractivity contribution < 1.29 is 19.0 Å². The van der Waals surface area contributed by atoms with E-state index in [4.69, 9.17) is 14.2 Å². The Morgan fingerprint density at radius 2 is 1.97 bits per heavy atom. The summed E-state index contributed by atoms with van der Waals surface area (Å²) in [6, 6.07) is 14.3. The summed E-state index contributed by atoms with van der Waals surface area (Å²) in [7, 11) is 1.56. The van der Waals surface area contributed by atoms with E-state index in [1.165, 1.54) is 11.3 Å². The summed E-state index contributed by atoms with van der Waals surface area (Å²) in [5.41, 5.74) is 2.25. The summed E-state index contributed by atoms with van der Waals surface area (Å²) in [6.45, 7) is 7.77. The molecule has 7 nitrogen and oxygen atoms in total. The van der Waals surface area contributed by atoms with E-state index >= 15 is 0 Å². The minimum atomic E-state index is -0.627. The maximum absolute atomic E-state index is 13.6. The smallest absolute Gasteiger partial charge is 0.338 e. The molecule has 4 rings (SSSR count). The van der Waals surface area contributed by atoms with E-state index in [9.17, 15) is 9.59 Å². The molecule has 0 amide bonds. The summed E-state index contributed by atoms with van der Waals surface area (Å²) in [6.07, 6.45) is 3.44. The second-order valence-electron chi connectivity index (χ2n) is 7.72. The zero-order valence-corrected chi connectivity index (χ0v) is 20.6. The lowest BCUT2D eigenvalue weighted by Gasteiger charge is -2.24. The topological polar surface area (TPSA) is 79.1 Å². The first-order valence-corrected chi connectivity index (χ1v) is 12.0. The summed E-state index contributed by atoms with van der Waals surface area (Å²) in [5, 5.41) is 0. The number of aromatic nitrogens is 1. The zero-order valence-electron chi connectivity index (χ0n) is 19.8. The lowest BCUT2D eigenvalue weighted by Crippen LogP contribution is -2.39. The predicted molar refractivity (Wildman–Crippen MR) is 136 cm³/mol. The van der Waals surface area contributed by atoms with Gasteiger partial charge in [-0.15, -0.1) is 0 Å². The van der Waals surface area contributed by atoms with Gasteiger partial charge in [-0.25, -0.2) is 9.79 Å². The molecule has 1 aromatic heterocycles. The Bertz CT molecular complexity index is 1470. The highest BCUT2D eigenvalue weighted by Crippen LogP contribution is 2.31. The van der Waals surface area contributed by atoms with Crippen LogP contribution in [0.1, 0.15) is 31.0 Å². The first kappa shape index (κ1) is 24.2. The van der Waals surface area contributed by atoms with Crippen LogP contribution in [0.25, 0.3) is 6.08 Å². The summed E-state index contributed by atoms with van der Waals surface area (Å²) in [4.78, 5) is 31.7. The predicted octanol–water partition coefficient (Wildman–Crippen LogP) is 3.37. The number of hydrogen-bond donors (Lipinski definition) is 0. The third-order valence-electron chi connectivity index (χ3n) is 5.47. The van der Waals surface area contributed by atoms with E-state index in [1.807, 2.05) is 36.4 Å². The molecule has 0 unspecified atom stereocenters. The molecule has 0 aliphatic carbocycles. The molecule has 0 radical (unpaired) electrons. The third-order valence-corrected chi connectivity index (χ3v) is 6.46. The number of esters is 1. The minimum Gasteiger partial charge on any atom is -0.493 e. The average molecular weight is 491 g/mol. The molecule has 0 N–H and O–H groups in total. The van der Waals surface area contributed by atoms with Gasteiger partial charge in [0.2, 0.25) is 0 Å². The maximum Gasteiger partial charge on any atom is 0.338 e. The fourth-order valence-electron chi connectivity index (χ4n) is 3.94. The zero-order chi connectivity index (χ0) is 24.9. The highest BCUT2D eigenvalue weighted by Gasteiger charge is 2.33. The lowest BCUT2D eigenvalue weighted by molar-refractivity contribution is -0.139. The van der Waals surface area contributed by atoms with Crippen molar-refractivity contribution in [1.29, 1.82) is 0 Å². The van der Waals surface area contributed by atoms with E-state index in [2.05, 4.69) is 11.6 Å². The van der Waals surface area contributed by atoms with Gasteiger partial charge in [0.05, 0.1) is 35.6 Å². The molecule has 0 saturated heterocycles. The molecule has 1 atom stereocenters. The number of hydrogen-bond acceptors (Lipinski definition) is 7. The van der Waals surface area contributed by atoms with Crippen LogP contribution < -0.4 is 24.4 Å². The van der Waals surface area contributed by atoms with E-state index in [-0.39, 0.29) is 12.2 Å². The highest BCUT2D eigenvalue weighted by atomic mass is 32.1. The van der Waals surface area contributed by atoms with Gasteiger partial charge in [0.25, 0.3) is 5.56 Å². The first-order chi connectivity index (χ1) is 17.0. The number of thiazole rings is 1. The Labute approximate surface area is 206 Å². The largest absolute Gasteiger partial charge is 0.493 e. The van der Waals surface area contributed by atoms with Crippen LogP contribution in [0.3, 0.4) is 0 Å². The number of carbonyl (C=O) groups excluding carboxylic acids is 1. The molecule has 180 valence electrons. The Morgan fingerprint density at radius 1 is 1.20 bits per heavy atom. The van der Waals surface area contributed by atoms with E-state index in [0.717, 1.165) is 11.1 Å². The van der Waals surface area contributed by atoms with Gasteiger partial charge in [0.1, 0.15) is 6.61 Å². The molecule has 2 aromatic carbocycles. The monoisotopic (exact) mass is 490 g/mol. The molecule has 0 bridgehead atoms. The minimum absolute atomic E-state index is 0.232. The van der Waals surface area contributed by atoms with Gasteiger partial charge in [-0.1, -0.05) is 60.4 Å². The van der Waals surface area contributed by atoms with E-state index in [0.29, 0.717) is 38.7 Å². The molecular weight excluding hydrogens is 464 g/mol. The van der Waals surface area contributed by atoms with Crippen molar-refractivity contribution in [3.8, 4) is 11.5 Å². The normalized spacial score (nSPS) is 15.3. The Hall–Kier alpha value is -3.91. The van der Waals surface area contributed by atoms with Crippen molar-refractivity contribution in [3.63, 3.8) is 0 Å². The Balaban J connectivity index is 1.86. The van der Waals surface area contributed by atoms with Crippen LogP contribution in [-0.2, 0) is 9.53 Å². The molecule has 2 heterocycles. The molecule has 0 saturated carbocycles. The number of methoxy groups -OCH3 is 1. The van der Waals surface area contributed by atoms with Crippen LogP contribution in [0.4, 0.5) is 0 Å². The Morgan fingerprint density at radius 3 is 2.66 bits per heavy atom. The van der Waals surface area contributed by atoms with Gasteiger partial charge in [0.15, 0.2) is 16.3 Å². The van der Waals surface area contributed by atoms with Crippen molar-refractivity contribution in [2.45, 2.75) is 19.9 Å². The van der Waals surface area contributed by atoms with Crippen LogP contribution in [0.5, 0.6) is 11.5 Å².